The molecule has 1 N–H and O–H groups in total. The van der Waals surface area contributed by atoms with Crippen LogP contribution >= 0.6 is 11.6 Å². The summed E-state index contributed by atoms with van der Waals surface area (Å²) in [4.78, 5) is 26.4. The molecule has 0 aliphatic rings. The molecule has 0 aliphatic heterocycles. The number of hydrogen-bond acceptors (Lipinski definition) is 4. The van der Waals surface area contributed by atoms with Gasteiger partial charge in [0.2, 0.25) is 5.91 Å². The minimum absolute atomic E-state index is 0.00594. The van der Waals surface area contributed by atoms with E-state index < -0.39 is 0 Å². The first-order valence-electron chi connectivity index (χ1n) is 9.27. The van der Waals surface area contributed by atoms with Crippen molar-refractivity contribution in [3.63, 3.8) is 0 Å². The first-order chi connectivity index (χ1) is 13.9. The Balaban J connectivity index is 1.85. The number of hydrogen-bond donors (Lipinski definition) is 1. The van der Waals surface area contributed by atoms with Crippen molar-refractivity contribution in [1.29, 1.82) is 0 Å². The number of benzene rings is 2. The van der Waals surface area contributed by atoms with E-state index in [1.807, 2.05) is 37.3 Å². The fraction of sp³-hybridized carbons (Fsp3) is 0.227. The number of anilines is 1. The van der Waals surface area contributed by atoms with E-state index in [1.165, 1.54) is 0 Å². The summed E-state index contributed by atoms with van der Waals surface area (Å²) in [6.45, 7) is 6.25. The van der Waals surface area contributed by atoms with E-state index in [9.17, 15) is 9.59 Å². The van der Waals surface area contributed by atoms with E-state index in [1.54, 1.807) is 36.9 Å². The van der Waals surface area contributed by atoms with Gasteiger partial charge in [0.1, 0.15) is 17.0 Å². The highest BCUT2D eigenvalue weighted by Gasteiger charge is 2.23. The normalized spacial score (nSPS) is 10.6. The third-order valence-electron chi connectivity index (χ3n) is 4.60. The van der Waals surface area contributed by atoms with Gasteiger partial charge in [-0.25, -0.2) is 0 Å². The number of carbonyl (C=O) groups is 2. The van der Waals surface area contributed by atoms with Gasteiger partial charge in [-0.2, -0.15) is 0 Å². The average Bonchev–Trinajstić information content (AvgIpc) is 3.08. The van der Waals surface area contributed by atoms with E-state index in [0.29, 0.717) is 46.4 Å². The predicted molar refractivity (Wildman–Crippen MR) is 113 cm³/mol. The SMILES string of the molecule is CCN(Cc1cccc(NC(=O)c2c(-c3ccccc3Cl)noc2C)c1)C(C)=O. The van der Waals surface area contributed by atoms with Crippen LogP contribution in [0.2, 0.25) is 5.02 Å². The van der Waals surface area contributed by atoms with Gasteiger partial charge in [-0.05, 0) is 37.6 Å². The molecule has 0 saturated heterocycles. The lowest BCUT2D eigenvalue weighted by molar-refractivity contribution is -0.129. The van der Waals surface area contributed by atoms with Crippen molar-refractivity contribution in [1.82, 2.24) is 10.1 Å². The number of amides is 2. The number of rotatable bonds is 6. The summed E-state index contributed by atoms with van der Waals surface area (Å²) < 4.78 is 5.27. The van der Waals surface area contributed by atoms with Crippen molar-refractivity contribution in [3.05, 3.63) is 70.4 Å². The quantitative estimate of drug-likeness (QED) is 0.624. The van der Waals surface area contributed by atoms with Crippen molar-refractivity contribution in [2.24, 2.45) is 0 Å². The zero-order valence-corrected chi connectivity index (χ0v) is 17.3. The molecule has 3 aromatic rings. The first-order valence-corrected chi connectivity index (χ1v) is 9.65. The molecule has 0 bridgehead atoms. The average molecular weight is 412 g/mol. The number of halogens is 1. The Morgan fingerprint density at radius 3 is 2.62 bits per heavy atom. The molecule has 0 saturated carbocycles. The van der Waals surface area contributed by atoms with Gasteiger partial charge in [0, 0.05) is 31.3 Å². The summed E-state index contributed by atoms with van der Waals surface area (Å²) in [5.74, 6) is 0.0727. The maximum Gasteiger partial charge on any atom is 0.261 e. The Hall–Kier alpha value is -3.12. The number of nitrogens with one attached hydrogen (secondary N) is 1. The van der Waals surface area contributed by atoms with Crippen LogP contribution in [0.5, 0.6) is 0 Å². The Morgan fingerprint density at radius 2 is 1.93 bits per heavy atom. The number of aryl methyl sites for hydroxylation is 1. The zero-order valence-electron chi connectivity index (χ0n) is 16.5. The Labute approximate surface area is 174 Å². The van der Waals surface area contributed by atoms with Crippen LogP contribution in [0.3, 0.4) is 0 Å². The number of aromatic nitrogens is 1. The second kappa shape index (κ2) is 8.92. The highest BCUT2D eigenvalue weighted by Crippen LogP contribution is 2.31. The molecular weight excluding hydrogens is 390 g/mol. The highest BCUT2D eigenvalue weighted by atomic mass is 35.5. The molecule has 29 heavy (non-hydrogen) atoms. The summed E-state index contributed by atoms with van der Waals surface area (Å²) in [7, 11) is 0. The molecule has 3 rings (SSSR count). The monoisotopic (exact) mass is 411 g/mol. The molecule has 1 heterocycles. The summed E-state index contributed by atoms with van der Waals surface area (Å²) in [6, 6.07) is 14.6. The summed E-state index contributed by atoms with van der Waals surface area (Å²) in [5, 5.41) is 7.41. The molecule has 150 valence electrons. The van der Waals surface area contributed by atoms with Crippen molar-refractivity contribution in [2.75, 3.05) is 11.9 Å². The van der Waals surface area contributed by atoms with Gasteiger partial charge in [-0.1, -0.05) is 47.1 Å². The summed E-state index contributed by atoms with van der Waals surface area (Å²) in [5.41, 5.74) is 2.91. The van der Waals surface area contributed by atoms with Gasteiger partial charge in [-0.3, -0.25) is 9.59 Å². The smallest absolute Gasteiger partial charge is 0.261 e. The molecule has 2 aromatic carbocycles. The van der Waals surface area contributed by atoms with E-state index in [2.05, 4.69) is 10.5 Å². The maximum absolute atomic E-state index is 13.0. The maximum atomic E-state index is 13.0. The fourth-order valence-corrected chi connectivity index (χ4v) is 3.31. The lowest BCUT2D eigenvalue weighted by Gasteiger charge is -2.19. The molecule has 0 spiro atoms. The van der Waals surface area contributed by atoms with Crippen molar-refractivity contribution in [3.8, 4) is 11.3 Å². The molecular formula is C22H22ClN3O3. The van der Waals surface area contributed by atoms with Gasteiger partial charge in [-0.15, -0.1) is 0 Å². The zero-order chi connectivity index (χ0) is 21.0. The van der Waals surface area contributed by atoms with E-state index in [0.717, 1.165) is 5.56 Å². The summed E-state index contributed by atoms with van der Waals surface area (Å²) in [6.07, 6.45) is 0. The minimum Gasteiger partial charge on any atom is -0.360 e. The van der Waals surface area contributed by atoms with Crippen molar-refractivity contribution in [2.45, 2.75) is 27.3 Å². The predicted octanol–water partition coefficient (Wildman–Crippen LogP) is 4.92. The molecule has 0 aliphatic carbocycles. The number of nitrogens with zero attached hydrogens (tertiary/aromatic N) is 2. The lowest BCUT2D eigenvalue weighted by atomic mass is 10.1. The van der Waals surface area contributed by atoms with Crippen LogP contribution in [0.25, 0.3) is 11.3 Å². The topological polar surface area (TPSA) is 75.4 Å². The van der Waals surface area contributed by atoms with Gasteiger partial charge >= 0.3 is 0 Å². The van der Waals surface area contributed by atoms with Crippen LogP contribution in [0.4, 0.5) is 5.69 Å². The van der Waals surface area contributed by atoms with Gasteiger partial charge in [0.15, 0.2) is 0 Å². The molecule has 0 radical (unpaired) electrons. The van der Waals surface area contributed by atoms with E-state index >= 15 is 0 Å². The fourth-order valence-electron chi connectivity index (χ4n) is 3.08. The largest absolute Gasteiger partial charge is 0.360 e. The molecule has 6 nitrogen and oxygen atoms in total. The van der Waals surface area contributed by atoms with Crippen LogP contribution in [0.1, 0.15) is 35.5 Å². The minimum atomic E-state index is -0.338. The van der Waals surface area contributed by atoms with Crippen LogP contribution in [0, 0.1) is 6.92 Å². The standard InChI is InChI=1S/C22H22ClN3O3/c1-4-26(15(3)27)13-16-8-7-9-17(12-16)24-22(28)20-14(2)29-25-21(20)18-10-5-6-11-19(18)23/h5-12H,4,13H2,1-3H3,(H,24,28). The van der Waals surface area contributed by atoms with E-state index in [-0.39, 0.29) is 11.8 Å². The van der Waals surface area contributed by atoms with Gasteiger partial charge < -0.3 is 14.7 Å². The summed E-state index contributed by atoms with van der Waals surface area (Å²) >= 11 is 6.27. The van der Waals surface area contributed by atoms with Crippen LogP contribution < -0.4 is 5.32 Å². The van der Waals surface area contributed by atoms with Crippen LogP contribution in [0.15, 0.2) is 53.1 Å². The molecule has 0 atom stereocenters. The molecule has 1 aromatic heterocycles. The molecule has 7 heteroatoms. The molecule has 0 unspecified atom stereocenters. The second-order valence-corrected chi connectivity index (χ2v) is 7.04. The highest BCUT2D eigenvalue weighted by molar-refractivity contribution is 6.33. The second-order valence-electron chi connectivity index (χ2n) is 6.63. The Bertz CT molecular complexity index is 1050. The van der Waals surface area contributed by atoms with Crippen LogP contribution in [-0.4, -0.2) is 28.4 Å². The first kappa shape index (κ1) is 20.6. The van der Waals surface area contributed by atoms with Gasteiger partial charge in [0.25, 0.3) is 5.91 Å². The van der Waals surface area contributed by atoms with Crippen molar-refractivity contribution >= 4 is 29.1 Å². The Kier molecular flexibility index (Phi) is 6.34. The lowest BCUT2D eigenvalue weighted by Crippen LogP contribution is -2.27. The molecule has 2 amide bonds. The van der Waals surface area contributed by atoms with Crippen LogP contribution in [-0.2, 0) is 11.3 Å². The Morgan fingerprint density at radius 1 is 1.17 bits per heavy atom. The van der Waals surface area contributed by atoms with E-state index in [4.69, 9.17) is 16.1 Å². The molecule has 0 fully saturated rings. The van der Waals surface area contributed by atoms with Gasteiger partial charge in [0.05, 0.1) is 5.02 Å². The number of carbonyl (C=O) groups excluding carboxylic acids is 2. The third-order valence-corrected chi connectivity index (χ3v) is 4.93. The third kappa shape index (κ3) is 4.66. The van der Waals surface area contributed by atoms with Crippen molar-refractivity contribution < 1.29 is 14.1 Å².